The summed E-state index contributed by atoms with van der Waals surface area (Å²) in [5, 5.41) is 11.5. The smallest absolute Gasteiger partial charge is 0.216 e. The highest BCUT2D eigenvalue weighted by Crippen LogP contribution is 2.07. The Hall–Kier alpha value is -0.940. The number of aryl methyl sites for hydroxylation is 2. The van der Waals surface area contributed by atoms with E-state index < -0.39 is 0 Å². The normalized spacial score (nSPS) is 12.8. The van der Waals surface area contributed by atoms with E-state index in [2.05, 4.69) is 22.4 Å². The van der Waals surface area contributed by atoms with Crippen molar-refractivity contribution in [3.63, 3.8) is 0 Å². The molecule has 5 nitrogen and oxygen atoms in total. The summed E-state index contributed by atoms with van der Waals surface area (Å²) in [5.41, 5.74) is 0. The van der Waals surface area contributed by atoms with E-state index in [1.54, 1.807) is 7.11 Å². The summed E-state index contributed by atoms with van der Waals surface area (Å²) in [5.74, 6) is 1.46. The van der Waals surface area contributed by atoms with Crippen molar-refractivity contribution in [3.8, 4) is 0 Å². The molecule has 0 saturated heterocycles. The predicted molar refractivity (Wildman–Crippen MR) is 70.6 cm³/mol. The van der Waals surface area contributed by atoms with Crippen molar-refractivity contribution >= 4 is 0 Å². The van der Waals surface area contributed by atoms with Crippen molar-refractivity contribution in [1.82, 2.24) is 15.5 Å². The average Bonchev–Trinajstić information content (AvgIpc) is 2.83. The minimum Gasteiger partial charge on any atom is -0.425 e. The lowest BCUT2D eigenvalue weighted by molar-refractivity contribution is 0.109. The fraction of sp³-hybridized carbons (Fsp3) is 0.846. The Kier molecular flexibility index (Phi) is 7.60. The summed E-state index contributed by atoms with van der Waals surface area (Å²) in [6, 6.07) is 0. The molecule has 1 aromatic heterocycles. The first-order valence-corrected chi connectivity index (χ1v) is 6.81. The fourth-order valence-electron chi connectivity index (χ4n) is 1.60. The first-order chi connectivity index (χ1) is 8.76. The van der Waals surface area contributed by atoms with Crippen LogP contribution in [0.5, 0.6) is 0 Å². The zero-order valence-electron chi connectivity index (χ0n) is 11.7. The summed E-state index contributed by atoms with van der Waals surface area (Å²) in [7, 11) is 1.72. The molecule has 5 heteroatoms. The van der Waals surface area contributed by atoms with Gasteiger partial charge in [0.1, 0.15) is 0 Å². The molecule has 1 unspecified atom stereocenters. The van der Waals surface area contributed by atoms with Crippen molar-refractivity contribution in [3.05, 3.63) is 11.8 Å². The second-order valence-electron chi connectivity index (χ2n) is 4.53. The molecule has 104 valence electrons. The number of rotatable bonds is 10. The molecule has 0 spiro atoms. The monoisotopic (exact) mass is 255 g/mol. The molecule has 0 bridgehead atoms. The number of nitrogens with zero attached hydrogens (tertiary/aromatic N) is 2. The van der Waals surface area contributed by atoms with Crippen molar-refractivity contribution in [1.29, 1.82) is 0 Å². The van der Waals surface area contributed by atoms with E-state index in [1.165, 1.54) is 6.42 Å². The minimum atomic E-state index is 0.235. The highest BCUT2D eigenvalue weighted by molar-refractivity contribution is 4.83. The van der Waals surface area contributed by atoms with Crippen LogP contribution in [0.2, 0.25) is 0 Å². The highest BCUT2D eigenvalue weighted by atomic mass is 16.5. The largest absolute Gasteiger partial charge is 0.425 e. The van der Waals surface area contributed by atoms with Gasteiger partial charge in [0.25, 0.3) is 0 Å². The van der Waals surface area contributed by atoms with E-state index in [-0.39, 0.29) is 6.10 Å². The number of ether oxygens (including phenoxy) is 1. The van der Waals surface area contributed by atoms with Gasteiger partial charge in [-0.05, 0) is 39.3 Å². The zero-order valence-corrected chi connectivity index (χ0v) is 11.7. The molecular formula is C13H25N3O2. The van der Waals surface area contributed by atoms with Gasteiger partial charge in [0.15, 0.2) is 0 Å². The molecule has 1 heterocycles. The fourth-order valence-corrected chi connectivity index (χ4v) is 1.60. The lowest BCUT2D eigenvalue weighted by atomic mass is 10.2. The van der Waals surface area contributed by atoms with Crippen LogP contribution in [0.3, 0.4) is 0 Å². The Bertz CT molecular complexity index is 315. The average molecular weight is 255 g/mol. The van der Waals surface area contributed by atoms with Crippen LogP contribution in [0.4, 0.5) is 0 Å². The molecule has 1 atom stereocenters. The SMILES string of the molecule is CCCNCCCc1nnc(CCC(C)OC)o1. The Morgan fingerprint density at radius 1 is 1.22 bits per heavy atom. The number of nitrogens with one attached hydrogen (secondary N) is 1. The molecule has 1 aromatic rings. The highest BCUT2D eigenvalue weighted by Gasteiger charge is 2.07. The van der Waals surface area contributed by atoms with Gasteiger partial charge >= 0.3 is 0 Å². The van der Waals surface area contributed by atoms with Gasteiger partial charge in [-0.3, -0.25) is 0 Å². The van der Waals surface area contributed by atoms with Crippen LogP contribution >= 0.6 is 0 Å². The Morgan fingerprint density at radius 2 is 1.94 bits per heavy atom. The molecular weight excluding hydrogens is 230 g/mol. The second kappa shape index (κ2) is 9.05. The summed E-state index contributed by atoms with van der Waals surface area (Å²) >= 11 is 0. The van der Waals surface area contributed by atoms with Crippen LogP contribution in [-0.2, 0) is 17.6 Å². The Balaban J connectivity index is 2.17. The van der Waals surface area contributed by atoms with Crippen LogP contribution in [0.25, 0.3) is 0 Å². The van der Waals surface area contributed by atoms with Gasteiger partial charge < -0.3 is 14.5 Å². The summed E-state index contributed by atoms with van der Waals surface area (Å²) < 4.78 is 10.8. The molecule has 18 heavy (non-hydrogen) atoms. The third-order valence-corrected chi connectivity index (χ3v) is 2.85. The molecule has 0 fully saturated rings. The summed E-state index contributed by atoms with van der Waals surface area (Å²) in [6.07, 6.45) is 4.99. The van der Waals surface area contributed by atoms with E-state index in [0.717, 1.165) is 50.6 Å². The number of hydrogen-bond acceptors (Lipinski definition) is 5. The predicted octanol–water partition coefficient (Wildman–Crippen LogP) is 1.97. The first kappa shape index (κ1) is 15.1. The van der Waals surface area contributed by atoms with E-state index in [9.17, 15) is 0 Å². The lowest BCUT2D eigenvalue weighted by Gasteiger charge is -2.05. The van der Waals surface area contributed by atoms with Crippen molar-refractivity contribution in [2.45, 2.75) is 52.1 Å². The number of methoxy groups -OCH3 is 1. The van der Waals surface area contributed by atoms with E-state index in [4.69, 9.17) is 9.15 Å². The van der Waals surface area contributed by atoms with E-state index >= 15 is 0 Å². The Morgan fingerprint density at radius 3 is 2.61 bits per heavy atom. The number of aromatic nitrogens is 2. The topological polar surface area (TPSA) is 60.2 Å². The lowest BCUT2D eigenvalue weighted by Crippen LogP contribution is -2.16. The van der Waals surface area contributed by atoms with Gasteiger partial charge in [-0.15, -0.1) is 10.2 Å². The summed E-state index contributed by atoms with van der Waals surface area (Å²) in [6.45, 7) is 6.28. The molecule has 0 aromatic carbocycles. The van der Waals surface area contributed by atoms with Crippen LogP contribution < -0.4 is 5.32 Å². The van der Waals surface area contributed by atoms with E-state index in [1.807, 2.05) is 6.92 Å². The van der Waals surface area contributed by atoms with Gasteiger partial charge in [0, 0.05) is 20.0 Å². The molecule has 0 radical (unpaired) electrons. The molecule has 1 rings (SSSR count). The van der Waals surface area contributed by atoms with Crippen LogP contribution in [0.15, 0.2) is 4.42 Å². The third kappa shape index (κ3) is 6.12. The molecule has 0 aliphatic carbocycles. The van der Waals surface area contributed by atoms with E-state index in [0.29, 0.717) is 0 Å². The van der Waals surface area contributed by atoms with Gasteiger partial charge in [-0.1, -0.05) is 6.92 Å². The molecule has 0 amide bonds. The van der Waals surface area contributed by atoms with Gasteiger partial charge in [-0.2, -0.15) is 0 Å². The molecule has 0 aliphatic heterocycles. The van der Waals surface area contributed by atoms with Crippen LogP contribution in [0, 0.1) is 0 Å². The van der Waals surface area contributed by atoms with Gasteiger partial charge in [0.2, 0.25) is 11.8 Å². The Labute approximate surface area is 109 Å². The van der Waals surface area contributed by atoms with Crippen LogP contribution in [-0.4, -0.2) is 36.5 Å². The van der Waals surface area contributed by atoms with Crippen molar-refractivity contribution in [2.24, 2.45) is 0 Å². The third-order valence-electron chi connectivity index (χ3n) is 2.85. The zero-order chi connectivity index (χ0) is 13.2. The second-order valence-corrected chi connectivity index (χ2v) is 4.53. The first-order valence-electron chi connectivity index (χ1n) is 6.81. The quantitative estimate of drug-likeness (QED) is 0.648. The van der Waals surface area contributed by atoms with Crippen molar-refractivity contribution in [2.75, 3.05) is 20.2 Å². The maximum atomic E-state index is 5.58. The molecule has 0 aliphatic rings. The number of hydrogen-bond donors (Lipinski definition) is 1. The molecule has 1 N–H and O–H groups in total. The molecule has 0 saturated carbocycles. The summed E-state index contributed by atoms with van der Waals surface area (Å²) in [4.78, 5) is 0. The van der Waals surface area contributed by atoms with Crippen molar-refractivity contribution < 1.29 is 9.15 Å². The minimum absolute atomic E-state index is 0.235. The standard InChI is InChI=1S/C13H25N3O2/c1-4-9-14-10-5-6-12-15-16-13(18-12)8-7-11(2)17-3/h11,14H,4-10H2,1-3H3. The maximum absolute atomic E-state index is 5.58. The van der Waals surface area contributed by atoms with Crippen LogP contribution in [0.1, 0.15) is 44.9 Å². The van der Waals surface area contributed by atoms with Gasteiger partial charge in [-0.25, -0.2) is 0 Å². The maximum Gasteiger partial charge on any atom is 0.216 e. The van der Waals surface area contributed by atoms with Gasteiger partial charge in [0.05, 0.1) is 6.10 Å².